The fourth-order valence-corrected chi connectivity index (χ4v) is 3.18. The second kappa shape index (κ2) is 6.74. The molecule has 3 rings (SSSR count). The van der Waals surface area contributed by atoms with E-state index in [2.05, 4.69) is 0 Å². The molecular formula is C21H19F2NO4. The third-order valence-corrected chi connectivity index (χ3v) is 4.49. The minimum Gasteiger partial charge on any atom is -0.508 e. The first kappa shape index (κ1) is 19.5. The number of ketones is 1. The van der Waals surface area contributed by atoms with Crippen molar-refractivity contribution in [2.75, 3.05) is 4.90 Å². The molecule has 1 amide bonds. The van der Waals surface area contributed by atoms with E-state index in [9.17, 15) is 28.6 Å². The molecule has 28 heavy (non-hydrogen) atoms. The summed E-state index contributed by atoms with van der Waals surface area (Å²) in [7, 11) is 0. The summed E-state index contributed by atoms with van der Waals surface area (Å²) in [5, 5.41) is 20.3. The molecule has 1 aliphatic heterocycles. The number of carbonyl (C=O) groups is 2. The Morgan fingerprint density at radius 3 is 2.32 bits per heavy atom. The van der Waals surface area contributed by atoms with Crippen LogP contribution in [0.15, 0.2) is 53.8 Å². The number of rotatable bonds is 3. The topological polar surface area (TPSA) is 77.8 Å². The second-order valence-electron chi connectivity index (χ2n) is 7.61. The minimum absolute atomic E-state index is 0.126. The number of halogens is 2. The van der Waals surface area contributed by atoms with Crippen molar-refractivity contribution in [1.29, 1.82) is 0 Å². The molecule has 0 saturated heterocycles. The lowest BCUT2D eigenvalue weighted by molar-refractivity contribution is -0.123. The van der Waals surface area contributed by atoms with Gasteiger partial charge in [0.1, 0.15) is 17.4 Å². The molecule has 0 spiro atoms. The Morgan fingerprint density at radius 2 is 1.75 bits per heavy atom. The third-order valence-electron chi connectivity index (χ3n) is 4.49. The predicted octanol–water partition coefficient (Wildman–Crippen LogP) is 4.19. The number of nitrogens with zero attached hydrogens (tertiary/aromatic N) is 1. The Balaban J connectivity index is 2.25. The summed E-state index contributed by atoms with van der Waals surface area (Å²) in [5.41, 5.74) is -1.13. The van der Waals surface area contributed by atoms with E-state index in [1.165, 1.54) is 18.2 Å². The highest BCUT2D eigenvalue weighted by Gasteiger charge is 2.47. The number of hydrogen-bond acceptors (Lipinski definition) is 4. The van der Waals surface area contributed by atoms with Gasteiger partial charge in [0, 0.05) is 11.5 Å². The van der Waals surface area contributed by atoms with E-state index < -0.39 is 40.5 Å². The van der Waals surface area contributed by atoms with Gasteiger partial charge in [0.25, 0.3) is 5.91 Å². The molecule has 0 saturated carbocycles. The standard InChI is InChI=1S/C21H19F2NO4/c1-21(2,3)19(27)16-17(11-5-4-6-13(25)9-11)24(20(28)18(16)26)15-8-7-12(22)10-14(15)23/h4-10,17,25-26H,1-3H3. The van der Waals surface area contributed by atoms with Gasteiger partial charge in [-0.1, -0.05) is 32.9 Å². The molecule has 1 aliphatic rings. The zero-order valence-corrected chi connectivity index (χ0v) is 15.5. The van der Waals surface area contributed by atoms with Crippen molar-refractivity contribution in [2.45, 2.75) is 26.8 Å². The highest BCUT2D eigenvalue weighted by atomic mass is 19.1. The number of amides is 1. The molecule has 0 fully saturated rings. The van der Waals surface area contributed by atoms with Crippen molar-refractivity contribution >= 4 is 17.4 Å². The number of aliphatic hydroxyl groups is 1. The first-order valence-electron chi connectivity index (χ1n) is 8.58. The van der Waals surface area contributed by atoms with E-state index in [4.69, 9.17) is 0 Å². The number of benzene rings is 2. The van der Waals surface area contributed by atoms with Crippen molar-refractivity contribution in [3.05, 3.63) is 71.0 Å². The number of aliphatic hydroxyl groups excluding tert-OH is 1. The Hall–Kier alpha value is -3.22. The molecule has 0 aromatic heterocycles. The monoisotopic (exact) mass is 387 g/mol. The third kappa shape index (κ3) is 3.24. The number of aromatic hydroxyl groups is 1. The maximum absolute atomic E-state index is 14.5. The summed E-state index contributed by atoms with van der Waals surface area (Å²) >= 11 is 0. The van der Waals surface area contributed by atoms with Crippen LogP contribution in [0.1, 0.15) is 32.4 Å². The lowest BCUT2D eigenvalue weighted by atomic mass is 9.82. The van der Waals surface area contributed by atoms with E-state index in [1.54, 1.807) is 26.8 Å². The first-order chi connectivity index (χ1) is 13.0. The molecule has 7 heteroatoms. The van der Waals surface area contributed by atoms with Gasteiger partial charge in [-0.15, -0.1) is 0 Å². The maximum Gasteiger partial charge on any atom is 0.294 e. The lowest BCUT2D eigenvalue weighted by Crippen LogP contribution is -2.33. The van der Waals surface area contributed by atoms with Crippen LogP contribution in [-0.2, 0) is 9.59 Å². The van der Waals surface area contributed by atoms with Crippen LogP contribution >= 0.6 is 0 Å². The molecule has 5 nitrogen and oxygen atoms in total. The van der Waals surface area contributed by atoms with Crippen LogP contribution in [-0.4, -0.2) is 21.9 Å². The van der Waals surface area contributed by atoms with Gasteiger partial charge in [0.15, 0.2) is 11.5 Å². The van der Waals surface area contributed by atoms with E-state index in [1.807, 2.05) is 0 Å². The molecule has 0 radical (unpaired) electrons. The largest absolute Gasteiger partial charge is 0.508 e. The van der Waals surface area contributed by atoms with Crippen molar-refractivity contribution in [2.24, 2.45) is 5.41 Å². The second-order valence-corrected chi connectivity index (χ2v) is 7.61. The van der Waals surface area contributed by atoms with E-state index >= 15 is 0 Å². The first-order valence-corrected chi connectivity index (χ1v) is 8.58. The number of carbonyl (C=O) groups excluding carboxylic acids is 2. The smallest absolute Gasteiger partial charge is 0.294 e. The zero-order valence-electron chi connectivity index (χ0n) is 15.5. The molecule has 0 aliphatic carbocycles. The zero-order chi connectivity index (χ0) is 20.8. The Labute approximate surface area is 160 Å². The SMILES string of the molecule is CC(C)(C)C(=O)C1=C(O)C(=O)N(c2ccc(F)cc2F)C1c1cccc(O)c1. The van der Waals surface area contributed by atoms with Crippen molar-refractivity contribution in [3.8, 4) is 5.75 Å². The highest BCUT2D eigenvalue weighted by Crippen LogP contribution is 2.44. The van der Waals surface area contributed by atoms with Gasteiger partial charge in [0.05, 0.1) is 17.3 Å². The van der Waals surface area contributed by atoms with Gasteiger partial charge in [-0.3, -0.25) is 14.5 Å². The average molecular weight is 387 g/mol. The van der Waals surface area contributed by atoms with Crippen LogP contribution in [0.2, 0.25) is 0 Å². The fraction of sp³-hybridized carbons (Fsp3) is 0.238. The summed E-state index contributed by atoms with van der Waals surface area (Å²) in [6.45, 7) is 4.88. The van der Waals surface area contributed by atoms with Crippen LogP contribution < -0.4 is 4.90 Å². The van der Waals surface area contributed by atoms with Crippen LogP contribution in [0.5, 0.6) is 5.75 Å². The van der Waals surface area contributed by atoms with E-state index in [0.29, 0.717) is 11.6 Å². The van der Waals surface area contributed by atoms with E-state index in [-0.39, 0.29) is 17.0 Å². The van der Waals surface area contributed by atoms with Crippen molar-refractivity contribution in [1.82, 2.24) is 0 Å². The molecule has 1 unspecified atom stereocenters. The normalized spacial score (nSPS) is 17.4. The highest BCUT2D eigenvalue weighted by molar-refractivity contribution is 6.17. The molecule has 2 aromatic rings. The van der Waals surface area contributed by atoms with Crippen molar-refractivity contribution < 1.29 is 28.6 Å². The molecule has 2 N–H and O–H groups in total. The molecular weight excluding hydrogens is 368 g/mol. The molecule has 1 atom stereocenters. The molecule has 2 aromatic carbocycles. The van der Waals surface area contributed by atoms with Crippen LogP contribution in [0, 0.1) is 17.0 Å². The molecule has 1 heterocycles. The summed E-state index contributed by atoms with van der Waals surface area (Å²) in [6.07, 6.45) is 0. The van der Waals surface area contributed by atoms with Crippen LogP contribution in [0.3, 0.4) is 0 Å². The number of phenols is 1. The Bertz CT molecular complexity index is 1010. The fourth-order valence-electron chi connectivity index (χ4n) is 3.18. The van der Waals surface area contributed by atoms with Gasteiger partial charge in [-0.05, 0) is 29.8 Å². The number of anilines is 1. The van der Waals surface area contributed by atoms with Crippen LogP contribution in [0.25, 0.3) is 0 Å². The van der Waals surface area contributed by atoms with Gasteiger partial charge in [0.2, 0.25) is 0 Å². The average Bonchev–Trinajstić information content (AvgIpc) is 2.85. The van der Waals surface area contributed by atoms with Gasteiger partial charge in [-0.2, -0.15) is 0 Å². The lowest BCUT2D eigenvalue weighted by Gasteiger charge is -2.29. The Morgan fingerprint density at radius 1 is 1.07 bits per heavy atom. The van der Waals surface area contributed by atoms with Gasteiger partial charge >= 0.3 is 0 Å². The number of phenolic OH excluding ortho intramolecular Hbond substituents is 1. The van der Waals surface area contributed by atoms with E-state index in [0.717, 1.165) is 17.0 Å². The Kier molecular flexibility index (Phi) is 4.71. The van der Waals surface area contributed by atoms with Gasteiger partial charge < -0.3 is 10.2 Å². The summed E-state index contributed by atoms with van der Waals surface area (Å²) in [5.74, 6) is -4.25. The minimum atomic E-state index is -1.17. The number of hydrogen-bond donors (Lipinski definition) is 2. The summed E-state index contributed by atoms with van der Waals surface area (Å²) in [6, 6.07) is 7.25. The summed E-state index contributed by atoms with van der Waals surface area (Å²) < 4.78 is 27.8. The van der Waals surface area contributed by atoms with Crippen molar-refractivity contribution in [3.63, 3.8) is 0 Å². The van der Waals surface area contributed by atoms with Crippen LogP contribution in [0.4, 0.5) is 14.5 Å². The molecule has 146 valence electrons. The predicted molar refractivity (Wildman–Crippen MR) is 98.8 cm³/mol. The number of Topliss-reactive ketones (excluding diaryl/α,β-unsaturated/α-hetero) is 1. The summed E-state index contributed by atoms with van der Waals surface area (Å²) in [4.78, 5) is 26.7. The quantitative estimate of drug-likeness (QED) is 0.828. The van der Waals surface area contributed by atoms with Gasteiger partial charge in [-0.25, -0.2) is 8.78 Å². The molecule has 0 bridgehead atoms. The maximum atomic E-state index is 14.5.